The molecule has 0 aromatic rings. The molecule has 0 nitrogen and oxygen atoms in total. The number of hydrogen-bond acceptors (Lipinski definition) is 0. The van der Waals surface area contributed by atoms with Gasteiger partial charge in [-0.15, -0.1) is 0 Å². The molecule has 94 valence electrons. The van der Waals surface area contributed by atoms with Crippen LogP contribution in [0, 0.1) is 0 Å². The van der Waals surface area contributed by atoms with E-state index >= 15 is 0 Å². The summed E-state index contributed by atoms with van der Waals surface area (Å²) in [5, 5.41) is 4.56. The van der Waals surface area contributed by atoms with Gasteiger partial charge >= 0.3 is 117 Å². The van der Waals surface area contributed by atoms with Gasteiger partial charge in [-0.3, -0.25) is 0 Å². The van der Waals surface area contributed by atoms with Gasteiger partial charge in [-0.05, 0) is 0 Å². The van der Waals surface area contributed by atoms with E-state index in [1.54, 1.807) is 0 Å². The predicted octanol–water partition coefficient (Wildman–Crippen LogP) is 4.70. The van der Waals surface area contributed by atoms with Gasteiger partial charge in [0.2, 0.25) is 0 Å². The molecular formula is C12H30GeHgSiTe. The molecule has 0 aromatic heterocycles. The Morgan fingerprint density at radius 1 is 0.750 bits per heavy atom. The van der Waals surface area contributed by atoms with Gasteiger partial charge in [0, 0.05) is 27.7 Å². The van der Waals surface area contributed by atoms with E-state index in [4.69, 9.17) is 0 Å². The standard InChI is InChI=1S/C6H15Ge.C6H15SiTe.Hg/c1-4-7(5-2)6-3;1-4-7(8,5-2)6-3;/h4-6H2,1-3H3;4-6H2,1-3H3;. The Hall–Kier alpha value is 2.48. The van der Waals surface area contributed by atoms with Crippen LogP contribution in [0.15, 0.2) is 0 Å². The molecule has 0 amide bonds. The SMILES string of the molecule is CC[Si]([Te])(CC)CC.C[CH2][Ge]([CH2]C)[CH2]C.[Hg]. The largest absolute Gasteiger partial charge is 0 e. The summed E-state index contributed by atoms with van der Waals surface area (Å²) in [4.78, 5) is 0. The molecule has 16 heavy (non-hydrogen) atoms. The zero-order valence-corrected chi connectivity index (χ0v) is 23.3. The van der Waals surface area contributed by atoms with E-state index in [-0.39, 0.29) is 27.7 Å². The van der Waals surface area contributed by atoms with Crippen LogP contribution in [0.1, 0.15) is 41.5 Å². The zero-order valence-electron chi connectivity index (χ0n) is 12.4. The van der Waals surface area contributed by atoms with Crippen molar-refractivity contribution in [2.75, 3.05) is 0 Å². The molecular weight excluding hydrogens is 573 g/mol. The van der Waals surface area contributed by atoms with Gasteiger partial charge < -0.3 is 0 Å². The number of hydrogen-bond donors (Lipinski definition) is 0. The first kappa shape index (κ1) is 23.6. The quantitative estimate of drug-likeness (QED) is 0.387. The van der Waals surface area contributed by atoms with E-state index in [1.165, 1.54) is 33.9 Å². The van der Waals surface area contributed by atoms with E-state index in [9.17, 15) is 0 Å². The molecule has 0 fully saturated rings. The van der Waals surface area contributed by atoms with Gasteiger partial charge in [0.15, 0.2) is 0 Å². The smallest absolute Gasteiger partial charge is 0 e. The van der Waals surface area contributed by atoms with Crippen molar-refractivity contribution in [2.45, 2.75) is 75.4 Å². The Morgan fingerprint density at radius 2 is 1.00 bits per heavy atom. The third-order valence-corrected chi connectivity index (χ3v) is 21.0. The fourth-order valence-corrected chi connectivity index (χ4v) is 6.15. The summed E-state index contributed by atoms with van der Waals surface area (Å²) in [5.41, 5.74) is -0.661. The summed E-state index contributed by atoms with van der Waals surface area (Å²) in [7, 11) is 0. The third kappa shape index (κ3) is 12.9. The summed E-state index contributed by atoms with van der Waals surface area (Å²) in [6.07, 6.45) is 0. The second-order valence-corrected chi connectivity index (χ2v) is 23.6. The van der Waals surface area contributed by atoms with Crippen molar-refractivity contribution in [3.63, 3.8) is 0 Å². The van der Waals surface area contributed by atoms with Gasteiger partial charge in [-0.2, -0.15) is 0 Å². The van der Waals surface area contributed by atoms with Crippen molar-refractivity contribution < 1.29 is 27.7 Å². The van der Waals surface area contributed by atoms with E-state index in [0.29, 0.717) is 0 Å². The monoisotopic (exact) mass is 608 g/mol. The third-order valence-electron chi connectivity index (χ3n) is 3.43. The predicted molar refractivity (Wildman–Crippen MR) is 80.1 cm³/mol. The summed E-state index contributed by atoms with van der Waals surface area (Å²) in [5.74, 6) is 0. The first-order valence-corrected chi connectivity index (χ1v) is 17.0. The molecule has 0 aliphatic carbocycles. The first-order chi connectivity index (χ1) is 7.03. The zero-order chi connectivity index (χ0) is 12.3. The minimum Gasteiger partial charge on any atom is 0 e. The molecule has 0 heterocycles. The van der Waals surface area contributed by atoms with Crippen LogP contribution in [0.3, 0.4) is 0 Å². The van der Waals surface area contributed by atoms with Crippen LogP contribution in [0.25, 0.3) is 0 Å². The molecule has 0 spiro atoms. The van der Waals surface area contributed by atoms with E-state index in [1.807, 2.05) is 0 Å². The average Bonchev–Trinajstić information content (AvgIpc) is 2.31. The maximum atomic E-state index is 2.42. The van der Waals surface area contributed by atoms with E-state index in [2.05, 4.69) is 63.1 Å². The molecule has 4 heteroatoms. The summed E-state index contributed by atoms with van der Waals surface area (Å²) >= 11 is 2.02. The van der Waals surface area contributed by atoms with Crippen molar-refractivity contribution >= 4 is 41.5 Å². The molecule has 0 aromatic carbocycles. The minimum absolute atomic E-state index is 0. The Labute approximate surface area is 143 Å². The van der Waals surface area contributed by atoms with Crippen LogP contribution in [0.2, 0.25) is 33.9 Å². The van der Waals surface area contributed by atoms with Crippen LogP contribution < -0.4 is 0 Å². The normalized spacial score (nSPS) is 10.5. The van der Waals surface area contributed by atoms with Crippen LogP contribution in [0.5, 0.6) is 0 Å². The van der Waals surface area contributed by atoms with Crippen molar-refractivity contribution in [1.29, 1.82) is 0 Å². The molecule has 0 unspecified atom stereocenters. The average molecular weight is 603 g/mol. The van der Waals surface area contributed by atoms with Crippen molar-refractivity contribution in [3.8, 4) is 0 Å². The summed E-state index contributed by atoms with van der Waals surface area (Å²) in [6, 6.07) is 4.39. The minimum atomic E-state index is -0.661. The van der Waals surface area contributed by atoms with Crippen molar-refractivity contribution in [3.05, 3.63) is 0 Å². The Bertz CT molecular complexity index is 114. The fourth-order valence-electron chi connectivity index (χ4n) is 1.50. The van der Waals surface area contributed by atoms with Gasteiger partial charge in [0.1, 0.15) is 0 Å². The van der Waals surface area contributed by atoms with Crippen LogP contribution in [0.4, 0.5) is 0 Å². The van der Waals surface area contributed by atoms with E-state index in [0.717, 1.165) is 0 Å². The second-order valence-electron chi connectivity index (χ2n) is 4.05. The van der Waals surface area contributed by atoms with Gasteiger partial charge in [-0.1, -0.05) is 0 Å². The molecule has 0 bridgehead atoms. The molecule has 0 saturated carbocycles. The maximum absolute atomic E-state index is 2.42. The van der Waals surface area contributed by atoms with Crippen molar-refractivity contribution in [1.82, 2.24) is 0 Å². The Kier molecular flexibility index (Phi) is 22.9. The molecule has 2 radical (unpaired) electrons. The molecule has 0 aliphatic rings. The van der Waals surface area contributed by atoms with Gasteiger partial charge in [-0.25, -0.2) is 0 Å². The molecule has 0 aliphatic heterocycles. The van der Waals surface area contributed by atoms with Crippen molar-refractivity contribution in [2.24, 2.45) is 0 Å². The summed E-state index contributed by atoms with van der Waals surface area (Å²) in [6.45, 7) is 14.0. The second kappa shape index (κ2) is 15.5. The molecule has 0 saturated heterocycles. The number of rotatable bonds is 6. The fraction of sp³-hybridized carbons (Fsp3) is 1.00. The molecule has 0 N–H and O–H groups in total. The van der Waals surface area contributed by atoms with Crippen LogP contribution >= 0.6 is 0 Å². The van der Waals surface area contributed by atoms with Crippen LogP contribution in [-0.2, 0) is 27.7 Å². The summed E-state index contributed by atoms with van der Waals surface area (Å²) < 4.78 is 0. The first-order valence-electron chi connectivity index (χ1n) is 6.57. The molecule has 0 atom stereocenters. The van der Waals surface area contributed by atoms with E-state index < -0.39 is 20.0 Å². The molecule has 0 rings (SSSR count). The Balaban J connectivity index is -0.000000200. The Morgan fingerprint density at radius 3 is 1.00 bits per heavy atom. The van der Waals surface area contributed by atoms with Gasteiger partial charge in [0.05, 0.1) is 0 Å². The maximum Gasteiger partial charge on any atom is 0 e. The topological polar surface area (TPSA) is 0 Å². The van der Waals surface area contributed by atoms with Gasteiger partial charge in [0.25, 0.3) is 0 Å². The van der Waals surface area contributed by atoms with Crippen LogP contribution in [-0.4, -0.2) is 41.5 Å².